The Kier molecular flexibility index (Phi) is 2.76. The molecular formula is C9H12ClN3. The Hall–Kier alpha value is -0.670. The molecule has 0 amide bonds. The first-order chi connectivity index (χ1) is 6.34. The number of aromatic nitrogens is 2. The molecule has 1 aliphatic heterocycles. The van der Waals surface area contributed by atoms with Crippen molar-refractivity contribution in [2.75, 3.05) is 13.1 Å². The van der Waals surface area contributed by atoms with Crippen molar-refractivity contribution in [2.24, 2.45) is 0 Å². The normalized spacial score (nSPS) is 17.9. The maximum Gasteiger partial charge on any atom is 0.222 e. The van der Waals surface area contributed by atoms with E-state index >= 15 is 0 Å². The highest BCUT2D eigenvalue weighted by Crippen LogP contribution is 2.11. The minimum Gasteiger partial charge on any atom is -0.299 e. The second-order valence-electron chi connectivity index (χ2n) is 3.34. The van der Waals surface area contributed by atoms with Crippen LogP contribution in [0, 0.1) is 0 Å². The van der Waals surface area contributed by atoms with E-state index in [9.17, 15) is 0 Å². The molecule has 13 heavy (non-hydrogen) atoms. The number of hydrogen-bond acceptors (Lipinski definition) is 3. The molecule has 4 heteroatoms. The molecule has 1 aromatic heterocycles. The van der Waals surface area contributed by atoms with Crippen molar-refractivity contribution in [3.8, 4) is 0 Å². The highest BCUT2D eigenvalue weighted by Gasteiger charge is 2.11. The van der Waals surface area contributed by atoms with Crippen LogP contribution in [-0.4, -0.2) is 28.0 Å². The van der Waals surface area contributed by atoms with E-state index in [0.29, 0.717) is 5.28 Å². The van der Waals surface area contributed by atoms with Gasteiger partial charge in [0.15, 0.2) is 0 Å². The first kappa shape index (κ1) is 8.91. The van der Waals surface area contributed by atoms with Crippen molar-refractivity contribution >= 4 is 11.6 Å². The predicted molar refractivity (Wildman–Crippen MR) is 51.6 cm³/mol. The average Bonchev–Trinajstić information content (AvgIpc) is 2.62. The highest BCUT2D eigenvalue weighted by molar-refractivity contribution is 6.28. The van der Waals surface area contributed by atoms with Crippen LogP contribution in [0.25, 0.3) is 0 Å². The molecule has 0 radical (unpaired) electrons. The Labute approximate surface area is 82.8 Å². The van der Waals surface area contributed by atoms with Crippen LogP contribution in [0.5, 0.6) is 0 Å². The molecule has 0 unspecified atom stereocenters. The number of rotatable bonds is 2. The van der Waals surface area contributed by atoms with Gasteiger partial charge in [0.2, 0.25) is 5.28 Å². The van der Waals surface area contributed by atoms with Crippen molar-refractivity contribution in [1.82, 2.24) is 14.9 Å². The van der Waals surface area contributed by atoms with E-state index in [1.807, 2.05) is 0 Å². The molecule has 2 rings (SSSR count). The van der Waals surface area contributed by atoms with Crippen LogP contribution in [0.3, 0.4) is 0 Å². The van der Waals surface area contributed by atoms with E-state index in [1.54, 1.807) is 12.4 Å². The smallest absolute Gasteiger partial charge is 0.222 e. The number of halogens is 1. The summed E-state index contributed by atoms with van der Waals surface area (Å²) >= 11 is 5.59. The van der Waals surface area contributed by atoms with Crippen molar-refractivity contribution in [3.63, 3.8) is 0 Å². The zero-order chi connectivity index (χ0) is 9.10. The van der Waals surface area contributed by atoms with Gasteiger partial charge in [-0.15, -0.1) is 0 Å². The summed E-state index contributed by atoms with van der Waals surface area (Å²) in [5.41, 5.74) is 1.14. The molecule has 1 aromatic rings. The van der Waals surface area contributed by atoms with Gasteiger partial charge in [-0.3, -0.25) is 4.90 Å². The molecule has 0 bridgehead atoms. The minimum atomic E-state index is 0.324. The van der Waals surface area contributed by atoms with Gasteiger partial charge in [-0.05, 0) is 37.5 Å². The molecule has 0 aliphatic carbocycles. The van der Waals surface area contributed by atoms with Gasteiger partial charge in [-0.1, -0.05) is 0 Å². The highest BCUT2D eigenvalue weighted by atomic mass is 35.5. The van der Waals surface area contributed by atoms with E-state index in [4.69, 9.17) is 11.6 Å². The van der Waals surface area contributed by atoms with Crippen molar-refractivity contribution in [3.05, 3.63) is 23.2 Å². The van der Waals surface area contributed by atoms with Gasteiger partial charge in [0, 0.05) is 24.5 Å². The molecule has 2 heterocycles. The molecule has 0 N–H and O–H groups in total. The van der Waals surface area contributed by atoms with Gasteiger partial charge in [0.1, 0.15) is 0 Å². The lowest BCUT2D eigenvalue weighted by Gasteiger charge is -2.13. The van der Waals surface area contributed by atoms with Crippen LogP contribution in [0.2, 0.25) is 5.28 Å². The Balaban J connectivity index is 1.97. The largest absolute Gasteiger partial charge is 0.299 e. The molecular weight excluding hydrogens is 186 g/mol. The van der Waals surface area contributed by atoms with Gasteiger partial charge in [0.05, 0.1) is 0 Å². The summed E-state index contributed by atoms with van der Waals surface area (Å²) in [4.78, 5) is 10.3. The molecule has 0 saturated carbocycles. The quantitative estimate of drug-likeness (QED) is 0.677. The Morgan fingerprint density at radius 2 is 1.85 bits per heavy atom. The third-order valence-corrected chi connectivity index (χ3v) is 2.47. The zero-order valence-electron chi connectivity index (χ0n) is 7.41. The Morgan fingerprint density at radius 3 is 2.46 bits per heavy atom. The van der Waals surface area contributed by atoms with E-state index in [2.05, 4.69) is 14.9 Å². The summed E-state index contributed by atoms with van der Waals surface area (Å²) in [6, 6.07) is 0. The lowest BCUT2D eigenvalue weighted by molar-refractivity contribution is 0.330. The first-order valence-electron chi connectivity index (χ1n) is 4.53. The van der Waals surface area contributed by atoms with Crippen molar-refractivity contribution in [1.29, 1.82) is 0 Å². The van der Waals surface area contributed by atoms with Crippen LogP contribution < -0.4 is 0 Å². The summed E-state index contributed by atoms with van der Waals surface area (Å²) in [5.74, 6) is 0. The van der Waals surface area contributed by atoms with Crippen LogP contribution in [0.4, 0.5) is 0 Å². The molecule has 1 aliphatic rings. The number of nitrogens with zero attached hydrogens (tertiary/aromatic N) is 3. The Morgan fingerprint density at radius 1 is 1.23 bits per heavy atom. The second-order valence-corrected chi connectivity index (χ2v) is 3.68. The summed E-state index contributed by atoms with van der Waals surface area (Å²) in [7, 11) is 0. The van der Waals surface area contributed by atoms with Crippen molar-refractivity contribution < 1.29 is 0 Å². The summed E-state index contributed by atoms with van der Waals surface area (Å²) < 4.78 is 0. The maximum atomic E-state index is 5.59. The standard InChI is InChI=1S/C9H12ClN3/c10-9-11-5-8(6-12-9)7-13-3-1-2-4-13/h5-6H,1-4,7H2. The summed E-state index contributed by atoms with van der Waals surface area (Å²) in [5, 5.41) is 0.324. The predicted octanol–water partition coefficient (Wildman–Crippen LogP) is 1.73. The van der Waals surface area contributed by atoms with Gasteiger partial charge in [-0.2, -0.15) is 0 Å². The third-order valence-electron chi connectivity index (χ3n) is 2.28. The summed E-state index contributed by atoms with van der Waals surface area (Å²) in [6.07, 6.45) is 6.23. The molecule has 0 atom stereocenters. The van der Waals surface area contributed by atoms with Gasteiger partial charge >= 0.3 is 0 Å². The Bertz CT molecular complexity index is 267. The number of likely N-dealkylation sites (tertiary alicyclic amines) is 1. The first-order valence-corrected chi connectivity index (χ1v) is 4.91. The second kappa shape index (κ2) is 4.03. The molecule has 1 saturated heterocycles. The fourth-order valence-electron chi connectivity index (χ4n) is 1.62. The fourth-order valence-corrected chi connectivity index (χ4v) is 1.72. The van der Waals surface area contributed by atoms with Crippen LogP contribution >= 0.6 is 11.6 Å². The van der Waals surface area contributed by atoms with Crippen molar-refractivity contribution in [2.45, 2.75) is 19.4 Å². The third kappa shape index (κ3) is 2.39. The molecule has 1 fully saturated rings. The molecule has 0 aromatic carbocycles. The molecule has 3 nitrogen and oxygen atoms in total. The summed E-state index contributed by atoms with van der Waals surface area (Å²) in [6.45, 7) is 3.35. The topological polar surface area (TPSA) is 29.0 Å². The maximum absolute atomic E-state index is 5.59. The van der Waals surface area contributed by atoms with E-state index in [0.717, 1.165) is 12.1 Å². The van der Waals surface area contributed by atoms with E-state index < -0.39 is 0 Å². The van der Waals surface area contributed by atoms with E-state index in [-0.39, 0.29) is 0 Å². The van der Waals surface area contributed by atoms with Gasteiger partial charge in [-0.25, -0.2) is 9.97 Å². The minimum absolute atomic E-state index is 0.324. The average molecular weight is 198 g/mol. The SMILES string of the molecule is Clc1ncc(CN2CCCC2)cn1. The number of hydrogen-bond donors (Lipinski definition) is 0. The van der Waals surface area contributed by atoms with Crippen LogP contribution in [-0.2, 0) is 6.54 Å². The lowest BCUT2D eigenvalue weighted by Crippen LogP contribution is -2.18. The molecule has 0 spiro atoms. The van der Waals surface area contributed by atoms with Gasteiger partial charge < -0.3 is 0 Å². The zero-order valence-corrected chi connectivity index (χ0v) is 8.17. The van der Waals surface area contributed by atoms with Crippen LogP contribution in [0.15, 0.2) is 12.4 Å². The monoisotopic (exact) mass is 197 g/mol. The van der Waals surface area contributed by atoms with E-state index in [1.165, 1.54) is 25.9 Å². The fraction of sp³-hybridized carbons (Fsp3) is 0.556. The molecule has 70 valence electrons. The lowest BCUT2D eigenvalue weighted by atomic mass is 10.3. The van der Waals surface area contributed by atoms with Gasteiger partial charge in [0.25, 0.3) is 0 Å². The van der Waals surface area contributed by atoms with Crippen LogP contribution in [0.1, 0.15) is 18.4 Å².